The van der Waals surface area contributed by atoms with Crippen molar-refractivity contribution in [2.75, 3.05) is 0 Å². The highest BCUT2D eigenvalue weighted by Crippen LogP contribution is 2.35. The Morgan fingerprint density at radius 1 is 1.33 bits per heavy atom. The number of aromatic hydroxyl groups is 2. The number of carboxylic acid groups (broad SMARTS) is 1. The van der Waals surface area contributed by atoms with Gasteiger partial charge in [-0.25, -0.2) is 4.39 Å². The van der Waals surface area contributed by atoms with E-state index in [9.17, 15) is 13.6 Å². The molecule has 3 N–H and O–H groups in total. The quantitative estimate of drug-likeness (QED) is 0.703. The van der Waals surface area contributed by atoms with Crippen LogP contribution in [0.25, 0.3) is 0 Å². The van der Waals surface area contributed by atoms with Gasteiger partial charge in [0.05, 0.1) is 5.92 Å². The van der Waals surface area contributed by atoms with Crippen LogP contribution in [0.5, 0.6) is 11.5 Å². The number of hydrogen-bond acceptors (Lipinski definition) is 3. The van der Waals surface area contributed by atoms with Crippen LogP contribution in [0.4, 0.5) is 8.78 Å². The topological polar surface area (TPSA) is 77.8 Å². The molecule has 6 heteroatoms. The zero-order valence-electron chi connectivity index (χ0n) is 7.66. The Balaban J connectivity index is 3.38. The third kappa shape index (κ3) is 1.83. The van der Waals surface area contributed by atoms with E-state index in [1.165, 1.54) is 0 Å². The average molecular weight is 218 g/mol. The molecule has 0 spiro atoms. The van der Waals surface area contributed by atoms with Gasteiger partial charge in [0.25, 0.3) is 0 Å². The molecule has 15 heavy (non-hydrogen) atoms. The molecule has 82 valence electrons. The van der Waals surface area contributed by atoms with E-state index >= 15 is 0 Å². The van der Waals surface area contributed by atoms with Gasteiger partial charge in [0.1, 0.15) is 0 Å². The number of rotatable bonds is 2. The van der Waals surface area contributed by atoms with Crippen molar-refractivity contribution in [1.29, 1.82) is 0 Å². The third-order valence-corrected chi connectivity index (χ3v) is 2.03. The fraction of sp³-hybridized carbons (Fsp3) is 0.222. The molecule has 1 rings (SSSR count). The van der Waals surface area contributed by atoms with Gasteiger partial charge in [0, 0.05) is 5.56 Å². The second kappa shape index (κ2) is 3.72. The zero-order valence-corrected chi connectivity index (χ0v) is 7.66. The molecular weight excluding hydrogens is 210 g/mol. The zero-order chi connectivity index (χ0) is 11.7. The summed E-state index contributed by atoms with van der Waals surface area (Å²) in [6, 6.07) is 0.590. The Labute approximate surface area is 83.4 Å². The van der Waals surface area contributed by atoms with E-state index in [0.29, 0.717) is 6.07 Å². The minimum Gasteiger partial charge on any atom is -0.505 e. The molecule has 0 aliphatic heterocycles. The number of carbonyl (C=O) groups is 1. The maximum atomic E-state index is 12.9. The molecule has 0 radical (unpaired) electrons. The molecule has 4 nitrogen and oxygen atoms in total. The van der Waals surface area contributed by atoms with Gasteiger partial charge in [-0.15, -0.1) is 0 Å². The van der Waals surface area contributed by atoms with Crippen LogP contribution in [-0.4, -0.2) is 21.3 Å². The van der Waals surface area contributed by atoms with E-state index in [4.69, 9.17) is 15.3 Å². The molecule has 0 fully saturated rings. The molecule has 0 amide bonds. The minimum atomic E-state index is -1.56. The first kappa shape index (κ1) is 11.2. The van der Waals surface area contributed by atoms with Gasteiger partial charge in [-0.2, -0.15) is 4.39 Å². The van der Waals surface area contributed by atoms with Crippen LogP contribution < -0.4 is 0 Å². The smallest absolute Gasteiger partial charge is 0.310 e. The predicted octanol–water partition coefficient (Wildman–Crippen LogP) is 1.56. The first-order valence-electron chi connectivity index (χ1n) is 3.98. The first-order chi connectivity index (χ1) is 6.86. The van der Waals surface area contributed by atoms with Gasteiger partial charge in [-0.1, -0.05) is 0 Å². The number of benzene rings is 1. The number of hydrogen-bond donors (Lipinski definition) is 3. The summed E-state index contributed by atoms with van der Waals surface area (Å²) in [4.78, 5) is 10.5. The number of carboxylic acids is 1. The van der Waals surface area contributed by atoms with E-state index in [1.54, 1.807) is 0 Å². The summed E-state index contributed by atoms with van der Waals surface area (Å²) in [6.45, 7) is 1.16. The normalized spacial score (nSPS) is 12.5. The Hall–Kier alpha value is -1.85. The molecule has 0 aliphatic carbocycles. The van der Waals surface area contributed by atoms with Crippen molar-refractivity contribution in [1.82, 2.24) is 0 Å². The molecule has 0 saturated carbocycles. The van der Waals surface area contributed by atoms with Crippen molar-refractivity contribution in [3.8, 4) is 11.5 Å². The second-order valence-corrected chi connectivity index (χ2v) is 3.02. The highest BCUT2D eigenvalue weighted by atomic mass is 19.1. The van der Waals surface area contributed by atoms with Crippen LogP contribution in [0, 0.1) is 11.6 Å². The SMILES string of the molecule is CC(C(=O)O)c1cc(F)c(O)c(F)c1O. The Morgan fingerprint density at radius 2 is 1.87 bits per heavy atom. The molecule has 1 unspecified atom stereocenters. The lowest BCUT2D eigenvalue weighted by Gasteiger charge is -2.10. The molecule has 0 saturated heterocycles. The minimum absolute atomic E-state index is 0.421. The van der Waals surface area contributed by atoms with Crippen LogP contribution in [-0.2, 0) is 4.79 Å². The van der Waals surface area contributed by atoms with Crippen molar-refractivity contribution < 1.29 is 28.9 Å². The van der Waals surface area contributed by atoms with Crippen LogP contribution in [0.2, 0.25) is 0 Å². The largest absolute Gasteiger partial charge is 0.505 e. The van der Waals surface area contributed by atoms with Crippen LogP contribution >= 0.6 is 0 Å². The standard InChI is InChI=1S/C9H8F2O4/c1-3(9(14)15)4-2-5(10)8(13)6(11)7(4)12/h2-3,12-13H,1H3,(H,14,15). The summed E-state index contributed by atoms with van der Waals surface area (Å²) >= 11 is 0. The summed E-state index contributed by atoms with van der Waals surface area (Å²) in [6.07, 6.45) is 0. The lowest BCUT2D eigenvalue weighted by molar-refractivity contribution is -0.138. The summed E-state index contributed by atoms with van der Waals surface area (Å²) in [5, 5.41) is 26.5. The van der Waals surface area contributed by atoms with Crippen molar-refractivity contribution in [3.63, 3.8) is 0 Å². The molecule has 0 aromatic heterocycles. The highest BCUT2D eigenvalue weighted by Gasteiger charge is 2.24. The number of aliphatic carboxylic acids is 1. The molecular formula is C9H8F2O4. The molecule has 1 aromatic carbocycles. The summed E-state index contributed by atoms with van der Waals surface area (Å²) in [7, 11) is 0. The highest BCUT2D eigenvalue weighted by molar-refractivity contribution is 5.76. The van der Waals surface area contributed by atoms with E-state index in [1.807, 2.05) is 0 Å². The number of phenols is 2. The predicted molar refractivity (Wildman–Crippen MR) is 45.7 cm³/mol. The van der Waals surface area contributed by atoms with Crippen molar-refractivity contribution in [2.45, 2.75) is 12.8 Å². The summed E-state index contributed by atoms with van der Waals surface area (Å²) < 4.78 is 25.8. The number of halogens is 2. The Bertz CT molecular complexity index is 417. The fourth-order valence-electron chi connectivity index (χ4n) is 1.08. The summed E-state index contributed by atoms with van der Waals surface area (Å²) in [5.41, 5.74) is -0.421. The molecule has 1 aromatic rings. The lowest BCUT2D eigenvalue weighted by Crippen LogP contribution is -2.08. The first-order valence-corrected chi connectivity index (χ1v) is 3.98. The van der Waals surface area contributed by atoms with Gasteiger partial charge in [0.2, 0.25) is 5.82 Å². The molecule has 1 atom stereocenters. The van der Waals surface area contributed by atoms with Crippen LogP contribution in [0.3, 0.4) is 0 Å². The summed E-state index contributed by atoms with van der Waals surface area (Å²) in [5.74, 6) is -7.85. The van der Waals surface area contributed by atoms with Gasteiger partial charge in [-0.3, -0.25) is 4.79 Å². The van der Waals surface area contributed by atoms with Gasteiger partial charge in [0.15, 0.2) is 17.3 Å². The fourth-order valence-corrected chi connectivity index (χ4v) is 1.08. The van der Waals surface area contributed by atoms with E-state index in [-0.39, 0.29) is 0 Å². The van der Waals surface area contributed by atoms with Crippen LogP contribution in [0.15, 0.2) is 6.07 Å². The Kier molecular flexibility index (Phi) is 2.78. The Morgan fingerprint density at radius 3 is 2.33 bits per heavy atom. The monoisotopic (exact) mass is 218 g/mol. The molecule has 0 heterocycles. The van der Waals surface area contributed by atoms with Crippen molar-refractivity contribution >= 4 is 5.97 Å². The maximum absolute atomic E-state index is 12.9. The van der Waals surface area contributed by atoms with Gasteiger partial charge < -0.3 is 15.3 Å². The van der Waals surface area contributed by atoms with E-state index < -0.39 is 40.6 Å². The van der Waals surface area contributed by atoms with Crippen LogP contribution in [0.1, 0.15) is 18.4 Å². The van der Waals surface area contributed by atoms with E-state index in [0.717, 1.165) is 6.92 Å². The number of phenolic OH excluding ortho intramolecular Hbond substituents is 2. The lowest BCUT2D eigenvalue weighted by atomic mass is 9.99. The maximum Gasteiger partial charge on any atom is 0.310 e. The molecule has 0 aliphatic rings. The van der Waals surface area contributed by atoms with Gasteiger partial charge >= 0.3 is 5.97 Å². The van der Waals surface area contributed by atoms with E-state index in [2.05, 4.69) is 0 Å². The van der Waals surface area contributed by atoms with Crippen molar-refractivity contribution in [3.05, 3.63) is 23.3 Å². The second-order valence-electron chi connectivity index (χ2n) is 3.02. The van der Waals surface area contributed by atoms with Gasteiger partial charge in [-0.05, 0) is 13.0 Å². The van der Waals surface area contributed by atoms with Crippen molar-refractivity contribution in [2.24, 2.45) is 0 Å². The molecule has 0 bridgehead atoms. The average Bonchev–Trinajstić information content (AvgIpc) is 2.19. The third-order valence-electron chi connectivity index (χ3n) is 2.03.